The Morgan fingerprint density at radius 3 is 2.56 bits per heavy atom. The Morgan fingerprint density at radius 1 is 1.28 bits per heavy atom. The largest absolute Gasteiger partial charge is 0.379 e. The summed E-state index contributed by atoms with van der Waals surface area (Å²) in [5.74, 6) is 0. The van der Waals surface area contributed by atoms with E-state index in [9.17, 15) is 0 Å². The molecule has 1 rings (SSSR count). The Hall–Kier alpha value is -0.930. The maximum atomic E-state index is 5.64. The average molecular weight is 250 g/mol. The van der Waals surface area contributed by atoms with Gasteiger partial charge in [-0.05, 0) is 37.9 Å². The van der Waals surface area contributed by atoms with E-state index in [1.807, 2.05) is 13.1 Å². The number of aryl methyl sites for hydroxylation is 1. The summed E-state index contributed by atoms with van der Waals surface area (Å²) < 4.78 is 5.64. The molecule has 0 aliphatic carbocycles. The van der Waals surface area contributed by atoms with Gasteiger partial charge in [-0.15, -0.1) is 0 Å². The molecule has 1 aromatic heterocycles. The number of nitrogens with zero attached hydrogens (tertiary/aromatic N) is 1. The summed E-state index contributed by atoms with van der Waals surface area (Å²) in [7, 11) is 1.79. The van der Waals surface area contributed by atoms with Crippen LogP contribution in [0.2, 0.25) is 0 Å². The third-order valence-electron chi connectivity index (χ3n) is 3.16. The molecule has 2 atom stereocenters. The summed E-state index contributed by atoms with van der Waals surface area (Å²) in [6.45, 7) is 7.38. The molecule has 0 fully saturated rings. The van der Waals surface area contributed by atoms with Gasteiger partial charge in [-0.2, -0.15) is 0 Å². The number of aromatic nitrogens is 1. The zero-order chi connectivity index (χ0) is 13.4. The van der Waals surface area contributed by atoms with Crippen molar-refractivity contribution in [1.29, 1.82) is 0 Å². The Kier molecular flexibility index (Phi) is 6.91. The predicted octanol–water partition coefficient (Wildman–Crippen LogP) is 3.25. The lowest BCUT2D eigenvalue weighted by molar-refractivity contribution is 0.0605. The third kappa shape index (κ3) is 4.39. The van der Waals surface area contributed by atoms with Crippen molar-refractivity contribution < 1.29 is 4.74 Å². The lowest BCUT2D eigenvalue weighted by atomic mass is 9.99. The molecular formula is C15H26N2O. The van der Waals surface area contributed by atoms with E-state index in [2.05, 4.69) is 36.3 Å². The Balaban J connectivity index is 2.84. The van der Waals surface area contributed by atoms with Crippen molar-refractivity contribution in [2.24, 2.45) is 0 Å². The first-order valence-corrected chi connectivity index (χ1v) is 6.91. The smallest absolute Gasteiger partial charge is 0.0766 e. The van der Waals surface area contributed by atoms with Crippen molar-refractivity contribution in [2.45, 2.75) is 52.2 Å². The van der Waals surface area contributed by atoms with Gasteiger partial charge < -0.3 is 10.1 Å². The normalized spacial score (nSPS) is 14.4. The lowest BCUT2D eigenvalue weighted by Gasteiger charge is -2.27. The highest BCUT2D eigenvalue weighted by Crippen LogP contribution is 2.22. The molecule has 1 heterocycles. The van der Waals surface area contributed by atoms with Crippen LogP contribution in [-0.4, -0.2) is 24.7 Å². The van der Waals surface area contributed by atoms with Crippen molar-refractivity contribution in [1.82, 2.24) is 10.3 Å². The Bertz CT molecular complexity index is 324. The van der Waals surface area contributed by atoms with Crippen LogP contribution in [0.25, 0.3) is 0 Å². The molecular weight excluding hydrogens is 224 g/mol. The fraction of sp³-hybridized carbons (Fsp3) is 0.667. The fourth-order valence-corrected chi connectivity index (χ4v) is 2.13. The van der Waals surface area contributed by atoms with Gasteiger partial charge in [0.05, 0.1) is 12.1 Å². The minimum atomic E-state index is 0.214. The topological polar surface area (TPSA) is 34.2 Å². The number of ether oxygens (including phenoxy) is 1. The molecule has 1 aromatic rings. The highest BCUT2D eigenvalue weighted by Gasteiger charge is 2.21. The standard InChI is InChI=1S/C15H26N2O/c1-5-7-14(18-4)15(16-10-6-2)13-9-8-12(3)17-11-13/h8-9,11,14-16H,5-7,10H2,1-4H3. The molecule has 0 spiro atoms. The molecule has 102 valence electrons. The molecule has 18 heavy (non-hydrogen) atoms. The highest BCUT2D eigenvalue weighted by atomic mass is 16.5. The first-order valence-electron chi connectivity index (χ1n) is 6.91. The number of nitrogens with one attached hydrogen (secondary N) is 1. The average Bonchev–Trinajstić information content (AvgIpc) is 2.39. The van der Waals surface area contributed by atoms with Crippen molar-refractivity contribution in [3.63, 3.8) is 0 Å². The first-order chi connectivity index (χ1) is 8.72. The van der Waals surface area contributed by atoms with Gasteiger partial charge in [-0.25, -0.2) is 0 Å². The zero-order valence-electron chi connectivity index (χ0n) is 12.1. The van der Waals surface area contributed by atoms with E-state index in [-0.39, 0.29) is 12.1 Å². The van der Waals surface area contributed by atoms with E-state index in [4.69, 9.17) is 4.74 Å². The molecule has 0 aliphatic heterocycles. The molecule has 3 heteroatoms. The third-order valence-corrected chi connectivity index (χ3v) is 3.16. The predicted molar refractivity (Wildman–Crippen MR) is 75.7 cm³/mol. The number of hydrogen-bond acceptors (Lipinski definition) is 3. The summed E-state index contributed by atoms with van der Waals surface area (Å²) in [5, 5.41) is 3.58. The van der Waals surface area contributed by atoms with Crippen LogP contribution in [0.1, 0.15) is 50.4 Å². The van der Waals surface area contributed by atoms with Crippen LogP contribution in [-0.2, 0) is 4.74 Å². The molecule has 0 aromatic carbocycles. The Morgan fingerprint density at radius 2 is 2.06 bits per heavy atom. The molecule has 2 unspecified atom stereocenters. The van der Waals surface area contributed by atoms with Gasteiger partial charge in [0.25, 0.3) is 0 Å². The van der Waals surface area contributed by atoms with Crippen LogP contribution in [0.4, 0.5) is 0 Å². The number of rotatable bonds is 8. The fourth-order valence-electron chi connectivity index (χ4n) is 2.13. The molecule has 0 saturated heterocycles. The van der Waals surface area contributed by atoms with Gasteiger partial charge in [0.2, 0.25) is 0 Å². The van der Waals surface area contributed by atoms with E-state index in [0.717, 1.165) is 31.5 Å². The van der Waals surface area contributed by atoms with E-state index < -0.39 is 0 Å². The van der Waals surface area contributed by atoms with Crippen LogP contribution >= 0.6 is 0 Å². The molecule has 0 saturated carbocycles. The molecule has 0 bridgehead atoms. The van der Waals surface area contributed by atoms with Crippen molar-refractivity contribution in [2.75, 3.05) is 13.7 Å². The maximum absolute atomic E-state index is 5.64. The lowest BCUT2D eigenvalue weighted by Crippen LogP contribution is -2.34. The summed E-state index contributed by atoms with van der Waals surface area (Å²) in [5.41, 5.74) is 2.27. The van der Waals surface area contributed by atoms with E-state index >= 15 is 0 Å². The summed E-state index contributed by atoms with van der Waals surface area (Å²) in [6.07, 6.45) is 5.49. The quantitative estimate of drug-likeness (QED) is 0.769. The molecule has 0 radical (unpaired) electrons. The van der Waals surface area contributed by atoms with Gasteiger partial charge in [-0.3, -0.25) is 4.98 Å². The van der Waals surface area contributed by atoms with Crippen LogP contribution in [0.3, 0.4) is 0 Å². The minimum Gasteiger partial charge on any atom is -0.379 e. The van der Waals surface area contributed by atoms with Gasteiger partial charge in [0, 0.05) is 19.0 Å². The van der Waals surface area contributed by atoms with E-state index in [1.54, 1.807) is 7.11 Å². The molecule has 0 amide bonds. The zero-order valence-corrected chi connectivity index (χ0v) is 12.1. The molecule has 3 nitrogen and oxygen atoms in total. The van der Waals surface area contributed by atoms with E-state index in [0.29, 0.717) is 0 Å². The number of methoxy groups -OCH3 is 1. The summed E-state index contributed by atoms with van der Waals surface area (Å²) >= 11 is 0. The Labute approximate surface area is 111 Å². The minimum absolute atomic E-state index is 0.214. The second-order valence-electron chi connectivity index (χ2n) is 4.73. The van der Waals surface area contributed by atoms with Gasteiger partial charge in [0.15, 0.2) is 0 Å². The van der Waals surface area contributed by atoms with Crippen LogP contribution in [0.15, 0.2) is 18.3 Å². The second kappa shape index (κ2) is 8.22. The maximum Gasteiger partial charge on any atom is 0.0766 e. The van der Waals surface area contributed by atoms with Crippen molar-refractivity contribution >= 4 is 0 Å². The van der Waals surface area contributed by atoms with Crippen LogP contribution in [0, 0.1) is 6.92 Å². The molecule has 1 N–H and O–H groups in total. The second-order valence-corrected chi connectivity index (χ2v) is 4.73. The monoisotopic (exact) mass is 250 g/mol. The summed E-state index contributed by atoms with van der Waals surface area (Å²) in [6, 6.07) is 4.45. The number of pyridine rings is 1. The SMILES string of the molecule is CCCNC(c1ccc(C)nc1)C(CCC)OC. The van der Waals surface area contributed by atoms with Crippen molar-refractivity contribution in [3.8, 4) is 0 Å². The number of hydrogen-bond donors (Lipinski definition) is 1. The van der Waals surface area contributed by atoms with Gasteiger partial charge >= 0.3 is 0 Å². The van der Waals surface area contributed by atoms with Crippen LogP contribution < -0.4 is 5.32 Å². The highest BCUT2D eigenvalue weighted by molar-refractivity contribution is 5.18. The van der Waals surface area contributed by atoms with Gasteiger partial charge in [0.1, 0.15) is 0 Å². The molecule has 0 aliphatic rings. The first kappa shape index (κ1) is 15.1. The van der Waals surface area contributed by atoms with E-state index in [1.165, 1.54) is 5.56 Å². The summed E-state index contributed by atoms with van der Waals surface area (Å²) in [4.78, 5) is 4.39. The van der Waals surface area contributed by atoms with Crippen LogP contribution in [0.5, 0.6) is 0 Å². The van der Waals surface area contributed by atoms with Gasteiger partial charge in [-0.1, -0.05) is 26.3 Å². The van der Waals surface area contributed by atoms with Crippen molar-refractivity contribution in [3.05, 3.63) is 29.6 Å².